The van der Waals surface area contributed by atoms with Crippen LogP contribution in [0.2, 0.25) is 0 Å². The second kappa shape index (κ2) is 7.04. The SMILES string of the molecule is CCC(Nc1ccc(Br)c([N+](=O)[O-])c1)c1cccc(Br)c1. The summed E-state index contributed by atoms with van der Waals surface area (Å²) in [5.41, 5.74) is 1.93. The van der Waals surface area contributed by atoms with Crippen LogP contribution in [-0.4, -0.2) is 4.92 Å². The maximum Gasteiger partial charge on any atom is 0.285 e. The Morgan fingerprint density at radius 3 is 2.62 bits per heavy atom. The van der Waals surface area contributed by atoms with E-state index in [1.807, 2.05) is 24.3 Å². The first-order valence-corrected chi connectivity index (χ1v) is 8.05. The van der Waals surface area contributed by atoms with Crippen molar-refractivity contribution in [1.29, 1.82) is 0 Å². The Morgan fingerprint density at radius 2 is 2.00 bits per heavy atom. The van der Waals surface area contributed by atoms with Gasteiger partial charge in [0.1, 0.15) is 0 Å². The van der Waals surface area contributed by atoms with Crippen molar-refractivity contribution < 1.29 is 4.92 Å². The Kier molecular flexibility index (Phi) is 5.36. The van der Waals surface area contributed by atoms with Gasteiger partial charge in [0.25, 0.3) is 5.69 Å². The number of rotatable bonds is 5. The van der Waals surface area contributed by atoms with Gasteiger partial charge in [-0.2, -0.15) is 0 Å². The largest absolute Gasteiger partial charge is 0.378 e. The molecule has 2 aromatic rings. The number of nitro groups is 1. The van der Waals surface area contributed by atoms with E-state index < -0.39 is 4.92 Å². The molecule has 0 aromatic heterocycles. The Morgan fingerprint density at radius 1 is 1.24 bits per heavy atom. The molecule has 0 radical (unpaired) electrons. The molecule has 0 bridgehead atoms. The summed E-state index contributed by atoms with van der Waals surface area (Å²) in [5.74, 6) is 0. The summed E-state index contributed by atoms with van der Waals surface area (Å²) in [6.07, 6.45) is 0.875. The van der Waals surface area contributed by atoms with Crippen molar-refractivity contribution in [2.24, 2.45) is 0 Å². The van der Waals surface area contributed by atoms with Gasteiger partial charge in [0.2, 0.25) is 0 Å². The number of nitrogens with one attached hydrogen (secondary N) is 1. The van der Waals surface area contributed by atoms with Crippen LogP contribution in [0.25, 0.3) is 0 Å². The molecule has 21 heavy (non-hydrogen) atoms. The lowest BCUT2D eigenvalue weighted by atomic mass is 10.0. The van der Waals surface area contributed by atoms with Crippen molar-refractivity contribution in [3.05, 3.63) is 67.1 Å². The molecule has 2 aromatic carbocycles. The van der Waals surface area contributed by atoms with E-state index in [0.29, 0.717) is 4.47 Å². The summed E-state index contributed by atoms with van der Waals surface area (Å²) in [6, 6.07) is 13.2. The zero-order chi connectivity index (χ0) is 15.4. The number of halogens is 2. The number of hydrogen-bond acceptors (Lipinski definition) is 3. The van der Waals surface area contributed by atoms with Crippen molar-refractivity contribution in [1.82, 2.24) is 0 Å². The second-order valence-corrected chi connectivity index (χ2v) is 6.35. The Labute approximate surface area is 140 Å². The van der Waals surface area contributed by atoms with Gasteiger partial charge in [-0.15, -0.1) is 0 Å². The molecule has 1 N–H and O–H groups in total. The number of hydrogen-bond donors (Lipinski definition) is 1. The highest BCUT2D eigenvalue weighted by molar-refractivity contribution is 9.10. The summed E-state index contributed by atoms with van der Waals surface area (Å²) in [7, 11) is 0. The lowest BCUT2D eigenvalue weighted by molar-refractivity contribution is -0.385. The van der Waals surface area contributed by atoms with Crippen LogP contribution in [0.3, 0.4) is 0 Å². The molecule has 2 rings (SSSR count). The monoisotopic (exact) mass is 412 g/mol. The first kappa shape index (κ1) is 16.0. The smallest absolute Gasteiger partial charge is 0.285 e. The van der Waals surface area contributed by atoms with Crippen LogP contribution in [0.4, 0.5) is 11.4 Å². The molecule has 0 aliphatic rings. The maximum absolute atomic E-state index is 11.0. The van der Waals surface area contributed by atoms with E-state index in [0.717, 1.165) is 22.1 Å². The second-order valence-electron chi connectivity index (χ2n) is 4.58. The first-order valence-electron chi connectivity index (χ1n) is 6.47. The van der Waals surface area contributed by atoms with E-state index in [-0.39, 0.29) is 11.7 Å². The van der Waals surface area contributed by atoms with E-state index in [1.54, 1.807) is 12.1 Å². The highest BCUT2D eigenvalue weighted by Gasteiger charge is 2.15. The van der Waals surface area contributed by atoms with Gasteiger partial charge >= 0.3 is 0 Å². The van der Waals surface area contributed by atoms with Gasteiger partial charge in [-0.25, -0.2) is 0 Å². The summed E-state index contributed by atoms with van der Waals surface area (Å²) in [4.78, 5) is 10.6. The van der Waals surface area contributed by atoms with Gasteiger partial charge in [0.15, 0.2) is 0 Å². The zero-order valence-electron chi connectivity index (χ0n) is 11.3. The summed E-state index contributed by atoms with van der Waals surface area (Å²) >= 11 is 6.66. The van der Waals surface area contributed by atoms with Gasteiger partial charge < -0.3 is 5.32 Å². The van der Waals surface area contributed by atoms with Crippen LogP contribution in [-0.2, 0) is 0 Å². The average molecular weight is 414 g/mol. The predicted octanol–water partition coefficient (Wildman–Crippen LogP) is 5.68. The van der Waals surface area contributed by atoms with E-state index in [2.05, 4.69) is 50.2 Å². The molecule has 1 unspecified atom stereocenters. The first-order chi connectivity index (χ1) is 10.0. The molecule has 1 atom stereocenters. The van der Waals surface area contributed by atoms with Gasteiger partial charge in [-0.3, -0.25) is 10.1 Å². The third-order valence-electron chi connectivity index (χ3n) is 3.14. The molecule has 4 nitrogen and oxygen atoms in total. The summed E-state index contributed by atoms with van der Waals surface area (Å²) in [5, 5.41) is 14.3. The molecular weight excluding hydrogens is 400 g/mol. The topological polar surface area (TPSA) is 55.2 Å². The van der Waals surface area contributed by atoms with Crippen molar-refractivity contribution >= 4 is 43.2 Å². The minimum Gasteiger partial charge on any atom is -0.378 e. The maximum atomic E-state index is 11.0. The molecule has 0 saturated heterocycles. The van der Waals surface area contributed by atoms with E-state index in [1.165, 1.54) is 0 Å². The minimum absolute atomic E-state index is 0.0593. The molecule has 0 aliphatic carbocycles. The Bertz CT molecular complexity index is 662. The summed E-state index contributed by atoms with van der Waals surface area (Å²) in [6.45, 7) is 2.08. The third kappa shape index (κ3) is 4.04. The van der Waals surface area contributed by atoms with Crippen LogP contribution >= 0.6 is 31.9 Å². The van der Waals surface area contributed by atoms with Crippen molar-refractivity contribution in [2.75, 3.05) is 5.32 Å². The van der Waals surface area contributed by atoms with Crippen LogP contribution in [0.1, 0.15) is 24.9 Å². The quantitative estimate of drug-likeness (QED) is 0.506. The van der Waals surface area contributed by atoms with Crippen molar-refractivity contribution in [3.8, 4) is 0 Å². The summed E-state index contributed by atoms with van der Waals surface area (Å²) < 4.78 is 1.50. The van der Waals surface area contributed by atoms with Crippen LogP contribution < -0.4 is 5.32 Å². The number of benzene rings is 2. The van der Waals surface area contributed by atoms with Gasteiger partial charge in [0.05, 0.1) is 15.4 Å². The van der Waals surface area contributed by atoms with Crippen molar-refractivity contribution in [2.45, 2.75) is 19.4 Å². The van der Waals surface area contributed by atoms with Crippen molar-refractivity contribution in [3.63, 3.8) is 0 Å². The highest BCUT2D eigenvalue weighted by Crippen LogP contribution is 2.31. The van der Waals surface area contributed by atoms with E-state index in [9.17, 15) is 10.1 Å². The highest BCUT2D eigenvalue weighted by atomic mass is 79.9. The molecule has 0 fully saturated rings. The standard InChI is InChI=1S/C15H14Br2N2O2/c1-2-14(10-4-3-5-11(16)8-10)18-12-6-7-13(17)15(9-12)19(20)21/h3-9,14,18H,2H2,1H3. The fourth-order valence-corrected chi connectivity index (χ4v) is 2.90. The average Bonchev–Trinajstić information content (AvgIpc) is 2.46. The fourth-order valence-electron chi connectivity index (χ4n) is 2.09. The number of nitrogens with zero attached hydrogens (tertiary/aromatic N) is 1. The van der Waals surface area contributed by atoms with Crippen LogP contribution in [0.15, 0.2) is 51.4 Å². The van der Waals surface area contributed by atoms with Crippen LogP contribution in [0, 0.1) is 10.1 Å². The Hall–Kier alpha value is -1.40. The third-order valence-corrected chi connectivity index (χ3v) is 4.31. The van der Waals surface area contributed by atoms with E-state index >= 15 is 0 Å². The number of nitro benzene ring substituents is 1. The Balaban J connectivity index is 2.27. The molecule has 0 heterocycles. The lowest BCUT2D eigenvalue weighted by Crippen LogP contribution is -2.09. The molecular formula is C15H14Br2N2O2. The van der Waals surface area contributed by atoms with Crippen LogP contribution in [0.5, 0.6) is 0 Å². The predicted molar refractivity (Wildman–Crippen MR) is 91.6 cm³/mol. The zero-order valence-corrected chi connectivity index (χ0v) is 14.5. The van der Waals surface area contributed by atoms with Gasteiger partial charge in [-0.1, -0.05) is 35.0 Å². The molecule has 0 amide bonds. The molecule has 0 saturated carbocycles. The van der Waals surface area contributed by atoms with E-state index in [4.69, 9.17) is 0 Å². The minimum atomic E-state index is -0.394. The fraction of sp³-hybridized carbons (Fsp3) is 0.200. The molecule has 0 aliphatic heterocycles. The molecule has 6 heteroatoms. The van der Waals surface area contributed by atoms with Gasteiger partial charge in [0, 0.05) is 16.2 Å². The van der Waals surface area contributed by atoms with Gasteiger partial charge in [-0.05, 0) is 52.2 Å². The molecule has 110 valence electrons. The normalized spacial score (nSPS) is 12.0. The lowest BCUT2D eigenvalue weighted by Gasteiger charge is -2.19. The molecule has 0 spiro atoms. The number of anilines is 1.